The fourth-order valence-electron chi connectivity index (χ4n) is 2.04. The predicted molar refractivity (Wildman–Crippen MR) is 96.1 cm³/mol. The number of para-hydroxylation sites is 1. The minimum Gasteiger partial charge on any atom is -0.497 e. The van der Waals surface area contributed by atoms with Crippen molar-refractivity contribution >= 4 is 35.1 Å². The average Bonchev–Trinajstić information content (AvgIpc) is 2.56. The molecule has 3 rings (SSSR count). The van der Waals surface area contributed by atoms with Gasteiger partial charge in [0.25, 0.3) is 0 Å². The first-order valence-electron chi connectivity index (χ1n) is 6.84. The second-order valence-corrected chi connectivity index (χ2v) is 4.90. The highest BCUT2D eigenvalue weighted by atomic mass is 32.1. The summed E-state index contributed by atoms with van der Waals surface area (Å²) >= 11 is 3.54. The Bertz CT molecular complexity index is 719. The summed E-state index contributed by atoms with van der Waals surface area (Å²) in [6.45, 7) is 0. The molecular weight excluding hydrogens is 294 g/mol. The maximum atomic E-state index is 5.22. The van der Waals surface area contributed by atoms with Crippen LogP contribution in [0, 0.1) is 0 Å². The van der Waals surface area contributed by atoms with E-state index in [-0.39, 0.29) is 0 Å². The van der Waals surface area contributed by atoms with Crippen LogP contribution in [0.3, 0.4) is 0 Å². The summed E-state index contributed by atoms with van der Waals surface area (Å²) in [7, 11) is 3.40. The van der Waals surface area contributed by atoms with Gasteiger partial charge in [-0.05, 0) is 37.4 Å². The Balaban J connectivity index is 0.000000545. The molecule has 2 aromatic carbocycles. The Labute approximate surface area is 136 Å². The van der Waals surface area contributed by atoms with E-state index in [9.17, 15) is 0 Å². The molecule has 0 aliphatic carbocycles. The van der Waals surface area contributed by atoms with Gasteiger partial charge in [0.05, 0.1) is 12.6 Å². The van der Waals surface area contributed by atoms with Crippen LogP contribution in [0.25, 0.3) is 10.9 Å². The maximum absolute atomic E-state index is 5.22. The zero-order valence-corrected chi connectivity index (χ0v) is 13.5. The summed E-state index contributed by atoms with van der Waals surface area (Å²) in [5.41, 5.74) is 3.02. The van der Waals surface area contributed by atoms with Crippen LogP contribution in [0.1, 0.15) is 0 Å². The lowest BCUT2D eigenvalue weighted by molar-refractivity contribution is 0.415. The third kappa shape index (κ3) is 4.13. The first-order valence-corrected chi connectivity index (χ1v) is 7.29. The number of benzene rings is 2. The number of methoxy groups -OCH3 is 1. The number of hydrogen-bond donors (Lipinski definition) is 3. The second-order valence-electron chi connectivity index (χ2n) is 4.46. The monoisotopic (exact) mass is 313 g/mol. The molecule has 1 heterocycles. The number of aromatic nitrogens is 1. The van der Waals surface area contributed by atoms with Gasteiger partial charge in [-0.2, -0.15) is 0 Å². The molecule has 0 fully saturated rings. The van der Waals surface area contributed by atoms with Crippen LogP contribution < -0.4 is 14.8 Å². The SMILES string of the molecule is CNS.COc1ccc2c(Nc3ccccc3)ccnc2c1. The molecule has 2 N–H and O–H groups in total. The third-order valence-corrected chi connectivity index (χ3v) is 3.00. The zero-order valence-electron chi connectivity index (χ0n) is 12.6. The molecule has 4 nitrogen and oxygen atoms in total. The van der Waals surface area contributed by atoms with Crippen LogP contribution in [0.2, 0.25) is 0 Å². The lowest BCUT2D eigenvalue weighted by Crippen LogP contribution is -1.92. The molecule has 0 saturated heterocycles. The Morgan fingerprint density at radius 3 is 2.45 bits per heavy atom. The topological polar surface area (TPSA) is 46.2 Å². The molecule has 0 unspecified atom stereocenters. The normalized spacial score (nSPS) is 9.77. The average molecular weight is 313 g/mol. The van der Waals surface area contributed by atoms with Crippen LogP contribution in [-0.4, -0.2) is 19.1 Å². The standard InChI is InChI=1S/C16H14N2O.CH5NS/c1-19-13-7-8-14-15(9-10-17-16(14)11-13)18-12-5-3-2-4-6-12;1-2-3/h2-11H,1H3,(H,17,18);2-3H,1H3. The Kier molecular flexibility index (Phi) is 6.06. The summed E-state index contributed by atoms with van der Waals surface area (Å²) in [6.07, 6.45) is 1.80. The van der Waals surface area contributed by atoms with E-state index in [1.54, 1.807) is 20.4 Å². The molecule has 0 amide bonds. The first-order chi connectivity index (χ1) is 10.8. The Morgan fingerprint density at radius 2 is 1.77 bits per heavy atom. The second kappa shape index (κ2) is 8.26. The van der Waals surface area contributed by atoms with Crippen molar-refractivity contribution in [3.05, 3.63) is 60.8 Å². The molecule has 0 atom stereocenters. The lowest BCUT2D eigenvalue weighted by atomic mass is 10.1. The Hall–Kier alpha value is -2.24. The van der Waals surface area contributed by atoms with Crippen molar-refractivity contribution < 1.29 is 4.74 Å². The number of nitrogens with one attached hydrogen (secondary N) is 2. The van der Waals surface area contributed by atoms with E-state index in [1.807, 2.05) is 54.6 Å². The smallest absolute Gasteiger partial charge is 0.121 e. The van der Waals surface area contributed by atoms with Gasteiger partial charge in [-0.3, -0.25) is 9.71 Å². The molecular formula is C17H19N3OS. The highest BCUT2D eigenvalue weighted by Gasteiger charge is 2.03. The van der Waals surface area contributed by atoms with Crippen molar-refractivity contribution in [1.29, 1.82) is 0 Å². The van der Waals surface area contributed by atoms with E-state index < -0.39 is 0 Å². The zero-order chi connectivity index (χ0) is 15.8. The molecule has 0 aliphatic rings. The van der Waals surface area contributed by atoms with Gasteiger partial charge in [0.2, 0.25) is 0 Å². The summed E-state index contributed by atoms with van der Waals surface area (Å²) in [5.74, 6) is 0.817. The van der Waals surface area contributed by atoms with Crippen molar-refractivity contribution in [2.45, 2.75) is 0 Å². The number of anilines is 2. The fraction of sp³-hybridized carbons (Fsp3) is 0.118. The fourth-order valence-corrected chi connectivity index (χ4v) is 2.04. The number of rotatable bonds is 3. The summed E-state index contributed by atoms with van der Waals surface area (Å²) < 4.78 is 7.66. The van der Waals surface area contributed by atoms with E-state index >= 15 is 0 Å². The predicted octanol–water partition coefficient (Wildman–Crippen LogP) is 4.04. The van der Waals surface area contributed by atoms with Crippen LogP contribution in [0.15, 0.2) is 60.8 Å². The maximum Gasteiger partial charge on any atom is 0.121 e. The minimum absolute atomic E-state index is 0.817. The summed E-state index contributed by atoms with van der Waals surface area (Å²) in [5, 5.41) is 4.48. The highest BCUT2D eigenvalue weighted by molar-refractivity contribution is 7.78. The molecule has 22 heavy (non-hydrogen) atoms. The van der Waals surface area contributed by atoms with Crippen molar-refractivity contribution in [3.8, 4) is 5.75 Å². The molecule has 1 aromatic heterocycles. The number of thiol groups is 1. The molecule has 0 saturated carbocycles. The molecule has 0 spiro atoms. The number of hydrogen-bond acceptors (Lipinski definition) is 5. The first kappa shape index (κ1) is 16.1. The van der Waals surface area contributed by atoms with Gasteiger partial charge in [0.1, 0.15) is 5.75 Å². The van der Waals surface area contributed by atoms with Gasteiger partial charge in [-0.1, -0.05) is 31.0 Å². The summed E-state index contributed by atoms with van der Waals surface area (Å²) in [4.78, 5) is 4.37. The van der Waals surface area contributed by atoms with Gasteiger partial charge in [0.15, 0.2) is 0 Å². The highest BCUT2D eigenvalue weighted by Crippen LogP contribution is 2.27. The van der Waals surface area contributed by atoms with E-state index in [0.717, 1.165) is 28.0 Å². The van der Waals surface area contributed by atoms with Crippen molar-refractivity contribution in [2.24, 2.45) is 0 Å². The van der Waals surface area contributed by atoms with Crippen LogP contribution in [0.4, 0.5) is 11.4 Å². The molecule has 3 aromatic rings. The number of ether oxygens (including phenoxy) is 1. The summed E-state index contributed by atoms with van der Waals surface area (Å²) in [6, 6.07) is 18.0. The van der Waals surface area contributed by atoms with Crippen molar-refractivity contribution in [2.75, 3.05) is 19.5 Å². The van der Waals surface area contributed by atoms with Crippen LogP contribution >= 0.6 is 12.8 Å². The molecule has 5 heteroatoms. The van der Waals surface area contributed by atoms with E-state index in [0.29, 0.717) is 0 Å². The molecule has 0 bridgehead atoms. The number of fused-ring (bicyclic) bond motifs is 1. The minimum atomic E-state index is 0.817. The van der Waals surface area contributed by atoms with Crippen molar-refractivity contribution in [1.82, 2.24) is 9.71 Å². The number of pyridine rings is 1. The van der Waals surface area contributed by atoms with Gasteiger partial charge < -0.3 is 10.1 Å². The quantitative estimate of drug-likeness (QED) is 0.639. The lowest BCUT2D eigenvalue weighted by Gasteiger charge is -2.10. The van der Waals surface area contributed by atoms with Gasteiger partial charge in [-0.25, -0.2) is 0 Å². The Morgan fingerprint density at radius 1 is 1.05 bits per heavy atom. The van der Waals surface area contributed by atoms with Gasteiger partial charge >= 0.3 is 0 Å². The van der Waals surface area contributed by atoms with Crippen LogP contribution in [0.5, 0.6) is 5.75 Å². The van der Waals surface area contributed by atoms with E-state index in [4.69, 9.17) is 4.74 Å². The molecule has 0 radical (unpaired) electrons. The largest absolute Gasteiger partial charge is 0.497 e. The third-order valence-electron chi connectivity index (χ3n) is 3.00. The number of nitrogens with zero attached hydrogens (tertiary/aromatic N) is 1. The molecule has 114 valence electrons. The molecule has 0 aliphatic heterocycles. The van der Waals surface area contributed by atoms with E-state index in [1.165, 1.54) is 0 Å². The van der Waals surface area contributed by atoms with Crippen molar-refractivity contribution in [3.63, 3.8) is 0 Å². The van der Waals surface area contributed by atoms with E-state index in [2.05, 4.69) is 27.8 Å². The van der Waals surface area contributed by atoms with Gasteiger partial charge in [0, 0.05) is 29.0 Å². The van der Waals surface area contributed by atoms with Crippen LogP contribution in [-0.2, 0) is 0 Å². The van der Waals surface area contributed by atoms with Gasteiger partial charge in [-0.15, -0.1) is 0 Å².